The van der Waals surface area contributed by atoms with Crippen molar-refractivity contribution in [2.75, 3.05) is 5.32 Å². The van der Waals surface area contributed by atoms with Gasteiger partial charge in [0, 0.05) is 6.20 Å². The third-order valence-corrected chi connectivity index (χ3v) is 2.81. The predicted octanol–water partition coefficient (Wildman–Crippen LogP) is 2.82. The molecule has 5 nitrogen and oxygen atoms in total. The molecule has 2 rings (SSSR count). The Morgan fingerprint density at radius 2 is 2.05 bits per heavy atom. The van der Waals surface area contributed by atoms with Crippen molar-refractivity contribution in [3.8, 4) is 0 Å². The van der Waals surface area contributed by atoms with E-state index >= 15 is 0 Å². The zero-order chi connectivity index (χ0) is 14.7. The summed E-state index contributed by atoms with van der Waals surface area (Å²) >= 11 is 5.86. The van der Waals surface area contributed by atoms with E-state index in [-0.39, 0.29) is 21.8 Å². The molecule has 2 aromatic rings. The van der Waals surface area contributed by atoms with Crippen molar-refractivity contribution >= 4 is 29.2 Å². The molecule has 2 N–H and O–H groups in total. The van der Waals surface area contributed by atoms with Gasteiger partial charge in [0.25, 0.3) is 5.91 Å². The number of halogens is 2. The molecule has 20 heavy (non-hydrogen) atoms. The van der Waals surface area contributed by atoms with Gasteiger partial charge in [0.2, 0.25) is 0 Å². The second kappa shape index (κ2) is 5.66. The molecule has 0 spiro atoms. The van der Waals surface area contributed by atoms with Crippen molar-refractivity contribution in [2.24, 2.45) is 0 Å². The van der Waals surface area contributed by atoms with Crippen molar-refractivity contribution in [3.05, 3.63) is 58.6 Å². The first-order chi connectivity index (χ1) is 9.49. The number of carboxylic acids is 1. The van der Waals surface area contributed by atoms with Crippen LogP contribution in [0, 0.1) is 5.82 Å². The first-order valence-electron chi connectivity index (χ1n) is 5.42. The van der Waals surface area contributed by atoms with Crippen molar-refractivity contribution in [3.63, 3.8) is 0 Å². The van der Waals surface area contributed by atoms with E-state index in [4.69, 9.17) is 16.7 Å². The standard InChI is InChI=1S/C13H8ClFN2O3/c14-9-2-1-7(13(19)20)5-11(9)17-12(18)8-3-4-16-6-10(8)15/h1-6H,(H,17,18)(H,19,20). The number of nitrogens with zero attached hydrogens (tertiary/aromatic N) is 1. The number of carboxylic acid groups (broad SMARTS) is 1. The third-order valence-electron chi connectivity index (χ3n) is 2.48. The molecular formula is C13H8ClFN2O3. The lowest BCUT2D eigenvalue weighted by atomic mass is 10.2. The minimum Gasteiger partial charge on any atom is -0.478 e. The van der Waals surface area contributed by atoms with Gasteiger partial charge >= 0.3 is 5.97 Å². The van der Waals surface area contributed by atoms with Gasteiger partial charge in [0.1, 0.15) is 0 Å². The molecule has 0 aliphatic heterocycles. The number of hydrogen-bond donors (Lipinski definition) is 2. The van der Waals surface area contributed by atoms with Gasteiger partial charge in [0.05, 0.1) is 28.0 Å². The number of aromatic carboxylic acids is 1. The molecule has 0 fully saturated rings. The van der Waals surface area contributed by atoms with Gasteiger partial charge in [0.15, 0.2) is 5.82 Å². The molecule has 0 radical (unpaired) electrons. The second-order valence-electron chi connectivity index (χ2n) is 3.81. The lowest BCUT2D eigenvalue weighted by Gasteiger charge is -2.08. The zero-order valence-corrected chi connectivity index (χ0v) is 10.7. The second-order valence-corrected chi connectivity index (χ2v) is 4.22. The normalized spacial score (nSPS) is 10.1. The lowest BCUT2D eigenvalue weighted by Crippen LogP contribution is -2.14. The van der Waals surface area contributed by atoms with E-state index in [9.17, 15) is 14.0 Å². The number of aromatic nitrogens is 1. The van der Waals surface area contributed by atoms with Crippen molar-refractivity contribution in [1.82, 2.24) is 4.98 Å². The molecule has 0 bridgehead atoms. The first kappa shape index (κ1) is 14.0. The number of rotatable bonds is 3. The number of carbonyl (C=O) groups is 2. The minimum absolute atomic E-state index is 0.0418. The van der Waals surface area contributed by atoms with E-state index < -0.39 is 17.7 Å². The summed E-state index contributed by atoms with van der Waals surface area (Å²) in [6, 6.07) is 5.04. The molecule has 7 heteroatoms. The fraction of sp³-hybridized carbons (Fsp3) is 0. The minimum atomic E-state index is -1.16. The number of amides is 1. The van der Waals surface area contributed by atoms with Crippen LogP contribution in [-0.2, 0) is 0 Å². The molecule has 1 heterocycles. The highest BCUT2D eigenvalue weighted by Gasteiger charge is 2.14. The van der Waals surface area contributed by atoms with Crippen LogP contribution in [0.2, 0.25) is 5.02 Å². The molecule has 0 saturated carbocycles. The summed E-state index contributed by atoms with van der Waals surface area (Å²) in [7, 11) is 0. The van der Waals surface area contributed by atoms with Gasteiger partial charge in [-0.15, -0.1) is 0 Å². The lowest BCUT2D eigenvalue weighted by molar-refractivity contribution is 0.0696. The molecule has 102 valence electrons. The summed E-state index contributed by atoms with van der Waals surface area (Å²) in [5.41, 5.74) is -0.163. The van der Waals surface area contributed by atoms with Crippen LogP contribution in [0.15, 0.2) is 36.7 Å². The monoisotopic (exact) mass is 294 g/mol. The van der Waals surface area contributed by atoms with Gasteiger partial charge in [-0.25, -0.2) is 9.18 Å². The predicted molar refractivity (Wildman–Crippen MR) is 70.6 cm³/mol. The molecule has 0 aliphatic rings. The van der Waals surface area contributed by atoms with Crippen LogP contribution in [0.3, 0.4) is 0 Å². The Bertz CT molecular complexity index is 691. The van der Waals surface area contributed by atoms with Gasteiger partial charge in [-0.05, 0) is 24.3 Å². The molecule has 0 unspecified atom stereocenters. The molecule has 1 amide bonds. The van der Waals surface area contributed by atoms with E-state index in [0.29, 0.717) is 0 Å². The van der Waals surface area contributed by atoms with E-state index in [1.165, 1.54) is 30.5 Å². The van der Waals surface area contributed by atoms with E-state index in [1.807, 2.05) is 0 Å². The van der Waals surface area contributed by atoms with Crippen molar-refractivity contribution in [2.45, 2.75) is 0 Å². The van der Waals surface area contributed by atoms with Crippen molar-refractivity contribution < 1.29 is 19.1 Å². The summed E-state index contributed by atoms with van der Waals surface area (Å²) in [5.74, 6) is -2.68. The molecule has 0 aliphatic carbocycles. The highest BCUT2D eigenvalue weighted by atomic mass is 35.5. The van der Waals surface area contributed by atoms with Crippen molar-refractivity contribution in [1.29, 1.82) is 0 Å². The maximum Gasteiger partial charge on any atom is 0.335 e. The number of pyridine rings is 1. The Morgan fingerprint density at radius 3 is 2.70 bits per heavy atom. The fourth-order valence-corrected chi connectivity index (χ4v) is 1.67. The summed E-state index contributed by atoms with van der Waals surface area (Å²) in [6.45, 7) is 0. The number of nitrogens with one attached hydrogen (secondary N) is 1. The quantitative estimate of drug-likeness (QED) is 0.912. The first-order valence-corrected chi connectivity index (χ1v) is 5.80. The number of hydrogen-bond acceptors (Lipinski definition) is 3. The maximum atomic E-state index is 13.4. The van der Waals surface area contributed by atoms with Gasteiger partial charge in [-0.1, -0.05) is 11.6 Å². The summed E-state index contributed by atoms with van der Waals surface area (Å²) in [6.07, 6.45) is 2.18. The Balaban J connectivity index is 2.30. The zero-order valence-electron chi connectivity index (χ0n) is 9.93. The van der Waals surface area contributed by atoms with Crippen LogP contribution in [0.5, 0.6) is 0 Å². The highest BCUT2D eigenvalue weighted by Crippen LogP contribution is 2.24. The summed E-state index contributed by atoms with van der Waals surface area (Å²) in [4.78, 5) is 26.3. The van der Waals surface area contributed by atoms with E-state index in [0.717, 1.165) is 6.20 Å². The van der Waals surface area contributed by atoms with Gasteiger partial charge < -0.3 is 10.4 Å². The number of carbonyl (C=O) groups excluding carboxylic acids is 1. The van der Waals surface area contributed by atoms with Crippen LogP contribution in [0.25, 0.3) is 0 Å². The number of benzene rings is 1. The van der Waals surface area contributed by atoms with Crippen LogP contribution < -0.4 is 5.32 Å². The molecule has 1 aromatic heterocycles. The Hall–Kier alpha value is -2.47. The van der Waals surface area contributed by atoms with Gasteiger partial charge in [-0.3, -0.25) is 9.78 Å². The van der Waals surface area contributed by atoms with Crippen LogP contribution >= 0.6 is 11.6 Å². The summed E-state index contributed by atoms with van der Waals surface area (Å²) < 4.78 is 13.4. The highest BCUT2D eigenvalue weighted by molar-refractivity contribution is 6.34. The SMILES string of the molecule is O=C(O)c1ccc(Cl)c(NC(=O)c2ccncc2F)c1. The Kier molecular flexibility index (Phi) is 3.95. The molecule has 1 aromatic carbocycles. The molecule has 0 atom stereocenters. The average molecular weight is 295 g/mol. The molecular weight excluding hydrogens is 287 g/mol. The average Bonchev–Trinajstić information content (AvgIpc) is 2.41. The topological polar surface area (TPSA) is 79.3 Å². The van der Waals surface area contributed by atoms with Crippen LogP contribution in [0.4, 0.5) is 10.1 Å². The maximum absolute atomic E-state index is 13.4. The largest absolute Gasteiger partial charge is 0.478 e. The Labute approximate surface area is 118 Å². The Morgan fingerprint density at radius 1 is 1.30 bits per heavy atom. The van der Waals surface area contributed by atoms with Gasteiger partial charge in [-0.2, -0.15) is 0 Å². The van der Waals surface area contributed by atoms with Crippen LogP contribution in [-0.4, -0.2) is 22.0 Å². The van der Waals surface area contributed by atoms with E-state index in [1.54, 1.807) is 0 Å². The van der Waals surface area contributed by atoms with Crippen LogP contribution in [0.1, 0.15) is 20.7 Å². The fourth-order valence-electron chi connectivity index (χ4n) is 1.50. The number of anilines is 1. The summed E-state index contributed by atoms with van der Waals surface area (Å²) in [5, 5.41) is 11.4. The van der Waals surface area contributed by atoms with E-state index in [2.05, 4.69) is 10.3 Å². The smallest absolute Gasteiger partial charge is 0.335 e. The third kappa shape index (κ3) is 2.92. The molecule has 0 saturated heterocycles.